The van der Waals surface area contributed by atoms with Gasteiger partial charge < -0.3 is 15.4 Å². The highest BCUT2D eigenvalue weighted by molar-refractivity contribution is 5.96. The summed E-state index contributed by atoms with van der Waals surface area (Å²) >= 11 is 0. The van der Waals surface area contributed by atoms with Gasteiger partial charge in [-0.25, -0.2) is 4.79 Å². The van der Waals surface area contributed by atoms with Gasteiger partial charge in [0.2, 0.25) is 0 Å². The Bertz CT molecular complexity index is 644. The third-order valence-electron chi connectivity index (χ3n) is 3.93. The van der Waals surface area contributed by atoms with E-state index in [4.69, 9.17) is 5.73 Å². The maximum atomic E-state index is 11.3. The van der Waals surface area contributed by atoms with Crippen molar-refractivity contribution in [2.24, 2.45) is 5.73 Å². The number of hydrogen-bond donors (Lipinski definition) is 2. The number of nitrogens with zero attached hydrogens (tertiary/aromatic N) is 1. The Morgan fingerprint density at radius 2 is 2.05 bits per heavy atom. The van der Waals surface area contributed by atoms with Crippen LogP contribution in [0.5, 0.6) is 0 Å². The van der Waals surface area contributed by atoms with Crippen LogP contribution < -0.4 is 5.73 Å². The van der Waals surface area contributed by atoms with E-state index in [1.807, 2.05) is 6.07 Å². The van der Waals surface area contributed by atoms with Crippen molar-refractivity contribution in [2.75, 3.05) is 6.54 Å². The van der Waals surface area contributed by atoms with Crippen LogP contribution in [0.2, 0.25) is 0 Å². The van der Waals surface area contributed by atoms with Crippen molar-refractivity contribution in [2.45, 2.75) is 46.1 Å². The number of fused-ring (bicyclic) bond motifs is 1. The molecule has 0 fully saturated rings. The van der Waals surface area contributed by atoms with E-state index in [1.54, 1.807) is 6.07 Å². The molecule has 3 N–H and O–H groups in total. The van der Waals surface area contributed by atoms with Crippen molar-refractivity contribution >= 4 is 16.9 Å². The number of carboxylic acid groups (broad SMARTS) is 1. The molecule has 0 aliphatic heterocycles. The summed E-state index contributed by atoms with van der Waals surface area (Å²) in [4.78, 5) is 11.3. The van der Waals surface area contributed by atoms with Crippen LogP contribution in [0.3, 0.4) is 0 Å². The number of unbranched alkanes of at least 4 members (excludes halogenated alkanes) is 1. The molecule has 114 valence electrons. The van der Waals surface area contributed by atoms with E-state index in [0.29, 0.717) is 12.1 Å². The van der Waals surface area contributed by atoms with Crippen LogP contribution in [0.4, 0.5) is 0 Å². The smallest absolute Gasteiger partial charge is 0.335 e. The van der Waals surface area contributed by atoms with Crippen molar-refractivity contribution < 1.29 is 9.90 Å². The zero-order valence-electron chi connectivity index (χ0n) is 12.9. The summed E-state index contributed by atoms with van der Waals surface area (Å²) in [6.07, 6.45) is 6.19. The molecule has 2 aromatic rings. The molecule has 1 heterocycles. The minimum Gasteiger partial charge on any atom is -0.478 e. The molecule has 0 saturated heterocycles. The number of carboxylic acids is 1. The Hall–Kier alpha value is -1.81. The second-order valence-corrected chi connectivity index (χ2v) is 5.43. The molecule has 0 saturated carbocycles. The fraction of sp³-hybridized carbons (Fsp3) is 0.471. The summed E-state index contributed by atoms with van der Waals surface area (Å²) < 4.78 is 2.19. The van der Waals surface area contributed by atoms with Gasteiger partial charge in [0.25, 0.3) is 0 Å². The number of rotatable bonds is 7. The summed E-state index contributed by atoms with van der Waals surface area (Å²) in [7, 11) is 0. The predicted octanol–water partition coefficient (Wildman–Crippen LogP) is 3.20. The van der Waals surface area contributed by atoms with Crippen molar-refractivity contribution in [3.8, 4) is 0 Å². The second kappa shape index (κ2) is 6.76. The molecule has 0 amide bonds. The van der Waals surface area contributed by atoms with Crippen molar-refractivity contribution in [1.82, 2.24) is 4.57 Å². The highest BCUT2D eigenvalue weighted by Gasteiger charge is 2.15. The number of aryl methyl sites for hydroxylation is 2. The molecule has 4 heteroatoms. The lowest BCUT2D eigenvalue weighted by Gasteiger charge is -2.09. The molecule has 0 bridgehead atoms. The fourth-order valence-corrected chi connectivity index (χ4v) is 2.88. The highest BCUT2D eigenvalue weighted by Crippen LogP contribution is 2.28. The van der Waals surface area contributed by atoms with Gasteiger partial charge in [0.1, 0.15) is 0 Å². The Morgan fingerprint density at radius 1 is 1.29 bits per heavy atom. The van der Waals surface area contributed by atoms with Gasteiger partial charge in [-0.1, -0.05) is 20.3 Å². The van der Waals surface area contributed by atoms with Crippen LogP contribution in [0.1, 0.15) is 48.2 Å². The maximum absolute atomic E-state index is 11.3. The van der Waals surface area contributed by atoms with E-state index < -0.39 is 5.97 Å². The molecular weight excluding hydrogens is 264 g/mol. The summed E-state index contributed by atoms with van der Waals surface area (Å²) in [6, 6.07) is 3.61. The van der Waals surface area contributed by atoms with Crippen molar-refractivity contribution in [1.29, 1.82) is 0 Å². The van der Waals surface area contributed by atoms with E-state index in [-0.39, 0.29) is 0 Å². The van der Waals surface area contributed by atoms with Gasteiger partial charge in [-0.15, -0.1) is 0 Å². The van der Waals surface area contributed by atoms with Gasteiger partial charge in [0.15, 0.2) is 0 Å². The molecular formula is C17H24N2O2. The van der Waals surface area contributed by atoms with Gasteiger partial charge in [0.05, 0.1) is 11.1 Å². The lowest BCUT2D eigenvalue weighted by Crippen LogP contribution is -2.09. The number of hydrogen-bond acceptors (Lipinski definition) is 2. The third-order valence-corrected chi connectivity index (χ3v) is 3.93. The lowest BCUT2D eigenvalue weighted by molar-refractivity contribution is 0.0697. The van der Waals surface area contributed by atoms with E-state index in [2.05, 4.69) is 24.6 Å². The van der Waals surface area contributed by atoms with Crippen LogP contribution in [0.15, 0.2) is 18.3 Å². The second-order valence-electron chi connectivity index (χ2n) is 5.43. The van der Waals surface area contributed by atoms with E-state index >= 15 is 0 Å². The van der Waals surface area contributed by atoms with Crippen molar-refractivity contribution in [3.05, 3.63) is 35.0 Å². The lowest BCUT2D eigenvalue weighted by atomic mass is 10.0. The summed E-state index contributed by atoms with van der Waals surface area (Å²) in [5.74, 6) is -0.861. The van der Waals surface area contributed by atoms with Crippen molar-refractivity contribution in [3.63, 3.8) is 0 Å². The molecule has 4 nitrogen and oxygen atoms in total. The highest BCUT2D eigenvalue weighted by atomic mass is 16.4. The molecule has 2 rings (SSSR count). The van der Waals surface area contributed by atoms with Gasteiger partial charge >= 0.3 is 5.97 Å². The first-order valence-corrected chi connectivity index (χ1v) is 7.70. The molecule has 1 aromatic carbocycles. The Labute approximate surface area is 125 Å². The number of nitrogens with two attached hydrogens (primary N) is 1. The molecule has 0 unspecified atom stereocenters. The minimum absolute atomic E-state index is 0.377. The third kappa shape index (κ3) is 3.10. The quantitative estimate of drug-likeness (QED) is 0.822. The monoisotopic (exact) mass is 288 g/mol. The summed E-state index contributed by atoms with van der Waals surface area (Å²) in [5, 5.41) is 10.4. The molecule has 1 aromatic heterocycles. The Balaban J connectivity index is 2.67. The summed E-state index contributed by atoms with van der Waals surface area (Å²) in [6.45, 7) is 5.58. The van der Waals surface area contributed by atoms with E-state index in [1.165, 1.54) is 5.56 Å². The number of benzene rings is 1. The van der Waals surface area contributed by atoms with Gasteiger partial charge in [0, 0.05) is 24.7 Å². The van der Waals surface area contributed by atoms with Crippen LogP contribution in [0.25, 0.3) is 10.9 Å². The van der Waals surface area contributed by atoms with Gasteiger partial charge in [-0.2, -0.15) is 0 Å². The zero-order valence-corrected chi connectivity index (χ0v) is 12.9. The number of aromatic nitrogens is 1. The van der Waals surface area contributed by atoms with Crippen LogP contribution in [-0.2, 0) is 19.4 Å². The average molecular weight is 288 g/mol. The molecule has 0 aliphatic rings. The first-order valence-electron chi connectivity index (χ1n) is 7.70. The standard InChI is InChI=1S/C17H24N2O2/c1-3-5-6-13-11-19(8-7-18)16-12(4-2)9-14(17(20)21)10-15(13)16/h9-11H,3-8,18H2,1-2H3,(H,20,21). The maximum Gasteiger partial charge on any atom is 0.335 e. The summed E-state index contributed by atoms with van der Waals surface area (Å²) in [5.41, 5.74) is 9.56. The van der Waals surface area contributed by atoms with E-state index in [0.717, 1.165) is 48.7 Å². The van der Waals surface area contributed by atoms with Crippen LogP contribution in [0, 0.1) is 0 Å². The predicted molar refractivity (Wildman–Crippen MR) is 85.9 cm³/mol. The topological polar surface area (TPSA) is 68.2 Å². The largest absolute Gasteiger partial charge is 0.478 e. The van der Waals surface area contributed by atoms with Crippen LogP contribution >= 0.6 is 0 Å². The molecule has 21 heavy (non-hydrogen) atoms. The molecule has 0 atom stereocenters. The Morgan fingerprint density at radius 3 is 2.62 bits per heavy atom. The normalized spacial score (nSPS) is 11.2. The molecule has 0 spiro atoms. The van der Waals surface area contributed by atoms with Crippen LogP contribution in [-0.4, -0.2) is 22.2 Å². The molecule has 0 radical (unpaired) electrons. The molecule has 0 aliphatic carbocycles. The number of aromatic carboxylic acids is 1. The van der Waals surface area contributed by atoms with Gasteiger partial charge in [-0.3, -0.25) is 0 Å². The zero-order chi connectivity index (χ0) is 15.4. The SMILES string of the molecule is CCCCc1cn(CCN)c2c(CC)cc(C(=O)O)cc12. The first-order chi connectivity index (χ1) is 10.1. The fourth-order valence-electron chi connectivity index (χ4n) is 2.88. The first kappa shape index (κ1) is 15.6. The average Bonchev–Trinajstić information content (AvgIpc) is 2.82. The number of carbonyl (C=O) groups is 1. The Kier molecular flexibility index (Phi) is 5.02. The minimum atomic E-state index is -0.861. The van der Waals surface area contributed by atoms with E-state index in [9.17, 15) is 9.90 Å². The van der Waals surface area contributed by atoms with Gasteiger partial charge in [-0.05, 0) is 42.5 Å².